The average Bonchev–Trinajstić information content (AvgIpc) is 2.87. The number of halogens is 2. The predicted molar refractivity (Wildman–Crippen MR) is 58.5 cm³/mol. The molecule has 2 unspecified atom stereocenters. The molecule has 0 aliphatic heterocycles. The van der Waals surface area contributed by atoms with Crippen molar-refractivity contribution in [2.75, 3.05) is 6.54 Å². The molecule has 0 spiro atoms. The van der Waals surface area contributed by atoms with E-state index in [0.717, 1.165) is 30.4 Å². The van der Waals surface area contributed by atoms with Gasteiger partial charge in [0.1, 0.15) is 5.82 Å². The van der Waals surface area contributed by atoms with E-state index in [1.807, 2.05) is 0 Å². The second-order valence-electron chi connectivity index (χ2n) is 4.49. The SMILES string of the molecule is OC1CCC(CNCc2nccn2C(F)F)C1. The molecule has 1 aliphatic rings. The van der Waals surface area contributed by atoms with Crippen LogP contribution in [-0.4, -0.2) is 27.3 Å². The third-order valence-corrected chi connectivity index (χ3v) is 3.19. The van der Waals surface area contributed by atoms with E-state index in [-0.39, 0.29) is 6.10 Å². The average molecular weight is 245 g/mol. The van der Waals surface area contributed by atoms with Crippen LogP contribution in [0.15, 0.2) is 12.4 Å². The Labute approximate surface area is 98.7 Å². The molecule has 1 aromatic heterocycles. The third-order valence-electron chi connectivity index (χ3n) is 3.19. The largest absolute Gasteiger partial charge is 0.393 e. The van der Waals surface area contributed by atoms with E-state index in [1.165, 1.54) is 12.4 Å². The Bertz CT molecular complexity index is 356. The van der Waals surface area contributed by atoms with Gasteiger partial charge in [-0.2, -0.15) is 8.78 Å². The minimum absolute atomic E-state index is 0.190. The van der Waals surface area contributed by atoms with Crippen LogP contribution in [0.4, 0.5) is 8.78 Å². The van der Waals surface area contributed by atoms with Gasteiger partial charge >= 0.3 is 6.55 Å². The van der Waals surface area contributed by atoms with Gasteiger partial charge in [0.2, 0.25) is 0 Å². The monoisotopic (exact) mass is 245 g/mol. The van der Waals surface area contributed by atoms with Crippen molar-refractivity contribution < 1.29 is 13.9 Å². The van der Waals surface area contributed by atoms with Gasteiger partial charge in [-0.25, -0.2) is 4.98 Å². The van der Waals surface area contributed by atoms with Crippen molar-refractivity contribution in [1.82, 2.24) is 14.9 Å². The summed E-state index contributed by atoms with van der Waals surface area (Å²) in [5.41, 5.74) is 0. The molecule has 2 rings (SSSR count). The smallest absolute Gasteiger partial charge is 0.319 e. The molecule has 1 heterocycles. The van der Waals surface area contributed by atoms with E-state index >= 15 is 0 Å². The highest BCUT2D eigenvalue weighted by molar-refractivity contribution is 4.92. The first-order valence-corrected chi connectivity index (χ1v) is 5.85. The molecule has 0 radical (unpaired) electrons. The lowest BCUT2D eigenvalue weighted by Crippen LogP contribution is -2.23. The van der Waals surface area contributed by atoms with Crippen molar-refractivity contribution in [3.05, 3.63) is 18.2 Å². The maximum atomic E-state index is 12.5. The number of nitrogens with one attached hydrogen (secondary N) is 1. The first kappa shape index (κ1) is 12.4. The maximum Gasteiger partial charge on any atom is 0.319 e. The van der Waals surface area contributed by atoms with Gasteiger partial charge in [-0.15, -0.1) is 0 Å². The van der Waals surface area contributed by atoms with Crippen LogP contribution in [0.1, 0.15) is 31.6 Å². The fraction of sp³-hybridized carbons (Fsp3) is 0.727. The third kappa shape index (κ3) is 3.23. The van der Waals surface area contributed by atoms with Crippen LogP contribution in [0.25, 0.3) is 0 Å². The van der Waals surface area contributed by atoms with E-state index in [1.54, 1.807) is 0 Å². The molecule has 1 aliphatic carbocycles. The molecule has 2 atom stereocenters. The quantitative estimate of drug-likeness (QED) is 0.827. The molecule has 1 saturated carbocycles. The van der Waals surface area contributed by atoms with Crippen molar-refractivity contribution in [2.45, 2.75) is 38.5 Å². The Kier molecular flexibility index (Phi) is 4.06. The van der Waals surface area contributed by atoms with Crippen molar-refractivity contribution >= 4 is 0 Å². The van der Waals surface area contributed by atoms with Gasteiger partial charge in [-0.3, -0.25) is 4.57 Å². The van der Waals surface area contributed by atoms with E-state index < -0.39 is 6.55 Å². The minimum atomic E-state index is -2.54. The summed E-state index contributed by atoms with van der Waals surface area (Å²) in [5, 5.41) is 12.5. The van der Waals surface area contributed by atoms with Crippen LogP contribution in [0.2, 0.25) is 0 Å². The zero-order valence-electron chi connectivity index (χ0n) is 9.52. The molecule has 0 amide bonds. The zero-order chi connectivity index (χ0) is 12.3. The standard InChI is InChI=1S/C11H17F2N3O/c12-11(13)16-4-3-15-10(16)7-14-6-8-1-2-9(17)5-8/h3-4,8-9,11,14,17H,1-2,5-7H2. The lowest BCUT2D eigenvalue weighted by atomic mass is 10.1. The van der Waals surface area contributed by atoms with Gasteiger partial charge < -0.3 is 10.4 Å². The van der Waals surface area contributed by atoms with Gasteiger partial charge in [-0.1, -0.05) is 0 Å². The Balaban J connectivity index is 1.76. The lowest BCUT2D eigenvalue weighted by Gasteiger charge is -2.11. The van der Waals surface area contributed by atoms with Gasteiger partial charge in [0.05, 0.1) is 12.6 Å². The molecule has 2 N–H and O–H groups in total. The topological polar surface area (TPSA) is 50.1 Å². The number of hydrogen-bond donors (Lipinski definition) is 2. The zero-order valence-corrected chi connectivity index (χ0v) is 9.52. The molecule has 0 bridgehead atoms. The van der Waals surface area contributed by atoms with Crippen LogP contribution >= 0.6 is 0 Å². The van der Waals surface area contributed by atoms with Crippen molar-refractivity contribution in [3.8, 4) is 0 Å². The summed E-state index contributed by atoms with van der Waals surface area (Å²) in [7, 11) is 0. The van der Waals surface area contributed by atoms with Crippen molar-refractivity contribution in [2.24, 2.45) is 5.92 Å². The first-order valence-electron chi connectivity index (χ1n) is 5.85. The van der Waals surface area contributed by atoms with Gasteiger partial charge in [0.15, 0.2) is 0 Å². The second kappa shape index (κ2) is 5.55. The highest BCUT2D eigenvalue weighted by Gasteiger charge is 2.22. The van der Waals surface area contributed by atoms with E-state index in [4.69, 9.17) is 0 Å². The molecule has 0 saturated heterocycles. The van der Waals surface area contributed by atoms with Crippen LogP contribution in [-0.2, 0) is 6.54 Å². The summed E-state index contributed by atoms with van der Waals surface area (Å²) in [5.74, 6) is 0.790. The Morgan fingerprint density at radius 1 is 1.53 bits per heavy atom. The molecule has 1 aromatic rings. The van der Waals surface area contributed by atoms with Crippen LogP contribution in [0.3, 0.4) is 0 Å². The number of imidazole rings is 1. The second-order valence-corrected chi connectivity index (χ2v) is 4.49. The molecular formula is C11H17F2N3O. The number of rotatable bonds is 5. The molecule has 1 fully saturated rings. The van der Waals surface area contributed by atoms with Crippen LogP contribution in [0, 0.1) is 5.92 Å². The fourth-order valence-electron chi connectivity index (χ4n) is 2.28. The number of aliphatic hydroxyl groups is 1. The number of nitrogens with zero attached hydrogens (tertiary/aromatic N) is 2. The minimum Gasteiger partial charge on any atom is -0.393 e. The van der Waals surface area contributed by atoms with Gasteiger partial charge in [0.25, 0.3) is 0 Å². The highest BCUT2D eigenvalue weighted by atomic mass is 19.3. The molecular weight excluding hydrogens is 228 g/mol. The Morgan fingerprint density at radius 2 is 2.35 bits per heavy atom. The fourth-order valence-corrected chi connectivity index (χ4v) is 2.28. The first-order chi connectivity index (χ1) is 8.16. The van der Waals surface area contributed by atoms with Crippen LogP contribution in [0.5, 0.6) is 0 Å². The Hall–Kier alpha value is -1.01. The van der Waals surface area contributed by atoms with Crippen molar-refractivity contribution in [3.63, 3.8) is 0 Å². The lowest BCUT2D eigenvalue weighted by molar-refractivity contribution is 0.0666. The number of aliphatic hydroxyl groups excluding tert-OH is 1. The van der Waals surface area contributed by atoms with Gasteiger partial charge in [0, 0.05) is 12.4 Å². The van der Waals surface area contributed by atoms with E-state index in [0.29, 0.717) is 18.3 Å². The number of alkyl halides is 2. The summed E-state index contributed by atoms with van der Waals surface area (Å²) < 4.78 is 25.9. The molecule has 4 nitrogen and oxygen atoms in total. The molecule has 17 heavy (non-hydrogen) atoms. The predicted octanol–water partition coefficient (Wildman–Crippen LogP) is 1.53. The highest BCUT2D eigenvalue weighted by Crippen LogP contribution is 2.24. The summed E-state index contributed by atoms with van der Waals surface area (Å²) in [4.78, 5) is 3.89. The maximum absolute atomic E-state index is 12.5. The summed E-state index contributed by atoms with van der Waals surface area (Å²) >= 11 is 0. The van der Waals surface area contributed by atoms with E-state index in [2.05, 4.69) is 10.3 Å². The summed E-state index contributed by atoms with van der Waals surface area (Å²) in [6.45, 7) is -1.46. The van der Waals surface area contributed by atoms with E-state index in [9.17, 15) is 13.9 Å². The number of aromatic nitrogens is 2. The summed E-state index contributed by atoms with van der Waals surface area (Å²) in [6.07, 6.45) is 5.11. The summed E-state index contributed by atoms with van der Waals surface area (Å²) in [6, 6.07) is 0. The van der Waals surface area contributed by atoms with Gasteiger partial charge in [-0.05, 0) is 31.7 Å². The molecule has 0 aromatic carbocycles. The Morgan fingerprint density at radius 3 is 3.00 bits per heavy atom. The number of hydrogen-bond acceptors (Lipinski definition) is 3. The molecule has 96 valence electrons. The molecule has 6 heteroatoms. The van der Waals surface area contributed by atoms with Crippen LogP contribution < -0.4 is 5.32 Å². The van der Waals surface area contributed by atoms with Crippen molar-refractivity contribution in [1.29, 1.82) is 0 Å². The normalized spacial score (nSPS) is 24.7.